The van der Waals surface area contributed by atoms with Crippen molar-refractivity contribution in [2.75, 3.05) is 23.4 Å². The summed E-state index contributed by atoms with van der Waals surface area (Å²) in [5.74, 6) is 2.41. The van der Waals surface area contributed by atoms with Gasteiger partial charge in [-0.1, -0.05) is 18.6 Å². The second-order valence-corrected chi connectivity index (χ2v) is 11.3. The molecule has 1 aromatic carbocycles. The van der Waals surface area contributed by atoms with E-state index < -0.39 is 17.4 Å². The van der Waals surface area contributed by atoms with Crippen molar-refractivity contribution in [1.82, 2.24) is 0 Å². The van der Waals surface area contributed by atoms with Crippen molar-refractivity contribution >= 4 is 46.8 Å². The second kappa shape index (κ2) is 8.78. The molecule has 2 aliphatic carbocycles. The number of esters is 1. The third-order valence-corrected chi connectivity index (χ3v) is 10.5. The van der Waals surface area contributed by atoms with E-state index in [9.17, 15) is 19.7 Å². The van der Waals surface area contributed by atoms with Crippen LogP contribution in [-0.4, -0.2) is 39.0 Å². The number of nitro groups is 1. The highest BCUT2D eigenvalue weighted by atomic mass is 32.2. The Labute approximate surface area is 184 Å². The van der Waals surface area contributed by atoms with E-state index >= 15 is 0 Å². The lowest BCUT2D eigenvalue weighted by Gasteiger charge is -2.51. The summed E-state index contributed by atoms with van der Waals surface area (Å²) in [6, 6.07) is 4.59. The lowest BCUT2D eigenvalue weighted by atomic mass is 9.67. The molecule has 1 aromatic rings. The van der Waals surface area contributed by atoms with Gasteiger partial charge in [-0.05, 0) is 50.0 Å². The van der Waals surface area contributed by atoms with E-state index in [0.29, 0.717) is 17.4 Å². The van der Waals surface area contributed by atoms with Crippen molar-refractivity contribution in [3.05, 3.63) is 33.9 Å². The van der Waals surface area contributed by atoms with Gasteiger partial charge in [0.15, 0.2) is 6.61 Å². The molecule has 1 amide bonds. The number of thioether (sulfide) groups is 2. The van der Waals surface area contributed by atoms with Crippen LogP contribution >= 0.6 is 23.5 Å². The summed E-state index contributed by atoms with van der Waals surface area (Å²) in [6.45, 7) is 1.26. The average molecular weight is 451 g/mol. The average Bonchev–Trinajstić information content (AvgIpc) is 3.17. The topological polar surface area (TPSA) is 98.5 Å². The molecule has 1 N–H and O–H groups in total. The fourth-order valence-electron chi connectivity index (χ4n) is 5.20. The molecule has 2 unspecified atom stereocenters. The molecule has 9 heteroatoms. The van der Waals surface area contributed by atoms with Crippen LogP contribution < -0.4 is 5.32 Å². The van der Waals surface area contributed by atoms with Crippen LogP contribution in [0.5, 0.6) is 0 Å². The molecule has 1 spiro atoms. The summed E-state index contributed by atoms with van der Waals surface area (Å²) in [5.41, 5.74) is 0.556. The van der Waals surface area contributed by atoms with Gasteiger partial charge in [0.2, 0.25) is 0 Å². The number of para-hydroxylation sites is 1. The zero-order chi connectivity index (χ0) is 21.3. The van der Waals surface area contributed by atoms with Crippen LogP contribution in [-0.2, 0) is 14.3 Å². The first-order chi connectivity index (χ1) is 14.4. The number of carbonyl (C=O) groups excluding carboxylic acids is 2. The Morgan fingerprint density at radius 3 is 2.53 bits per heavy atom. The Bertz CT molecular complexity index is 840. The quantitative estimate of drug-likeness (QED) is 0.403. The van der Waals surface area contributed by atoms with Crippen molar-refractivity contribution in [2.24, 2.45) is 17.8 Å². The Hall–Kier alpha value is -1.74. The predicted octanol–water partition coefficient (Wildman–Crippen LogP) is 4.39. The van der Waals surface area contributed by atoms with Crippen LogP contribution in [0, 0.1) is 34.8 Å². The molecule has 7 nitrogen and oxygen atoms in total. The molecule has 1 aliphatic heterocycles. The minimum atomic E-state index is -0.560. The number of nitrogens with zero attached hydrogens (tertiary/aromatic N) is 1. The fraction of sp³-hybridized carbons (Fsp3) is 0.619. The molecule has 2 bridgehead atoms. The highest BCUT2D eigenvalue weighted by Gasteiger charge is 2.55. The zero-order valence-corrected chi connectivity index (χ0v) is 18.6. The molecule has 3 fully saturated rings. The standard InChI is InChI=1S/C21H26N2O5S2/c1-13-4-2-7-17(23(26)27)19(13)22-18(24)12-28-20(25)14-10-15-5-3-6-16(11-14)21(15)29-8-9-30-21/h2,4,7,14-16H,3,5-6,8-12H2,1H3,(H,22,24). The van der Waals surface area contributed by atoms with Gasteiger partial charge in [0.1, 0.15) is 5.69 Å². The summed E-state index contributed by atoms with van der Waals surface area (Å²) in [7, 11) is 0. The van der Waals surface area contributed by atoms with Gasteiger partial charge in [0, 0.05) is 17.6 Å². The number of amides is 1. The van der Waals surface area contributed by atoms with E-state index in [1.165, 1.54) is 24.0 Å². The van der Waals surface area contributed by atoms with E-state index in [1.807, 2.05) is 0 Å². The first-order valence-corrected chi connectivity index (χ1v) is 12.4. The molecule has 1 saturated heterocycles. The van der Waals surface area contributed by atoms with E-state index in [-0.39, 0.29) is 27.3 Å². The molecular weight excluding hydrogens is 424 g/mol. The van der Waals surface area contributed by atoms with E-state index in [1.54, 1.807) is 19.1 Å². The molecule has 2 saturated carbocycles. The molecule has 3 aliphatic rings. The van der Waals surface area contributed by atoms with Crippen LogP contribution in [0.3, 0.4) is 0 Å². The summed E-state index contributed by atoms with van der Waals surface area (Å²) in [5, 5.41) is 13.7. The van der Waals surface area contributed by atoms with Crippen molar-refractivity contribution in [3.63, 3.8) is 0 Å². The summed E-state index contributed by atoms with van der Waals surface area (Å²) < 4.78 is 5.63. The predicted molar refractivity (Wildman–Crippen MR) is 119 cm³/mol. The van der Waals surface area contributed by atoms with Gasteiger partial charge in [0.25, 0.3) is 11.6 Å². The van der Waals surface area contributed by atoms with Crippen LogP contribution in [0.25, 0.3) is 0 Å². The molecule has 30 heavy (non-hydrogen) atoms. The molecule has 162 valence electrons. The fourth-order valence-corrected chi connectivity index (χ4v) is 9.14. The van der Waals surface area contributed by atoms with Gasteiger partial charge in [-0.3, -0.25) is 19.7 Å². The van der Waals surface area contributed by atoms with Crippen molar-refractivity contribution in [2.45, 2.75) is 43.1 Å². The number of nitrogens with one attached hydrogen (secondary N) is 1. The molecule has 1 heterocycles. The molecule has 2 atom stereocenters. The number of benzene rings is 1. The van der Waals surface area contributed by atoms with Gasteiger partial charge < -0.3 is 10.1 Å². The van der Waals surface area contributed by atoms with Gasteiger partial charge in [0.05, 0.1) is 14.9 Å². The van der Waals surface area contributed by atoms with E-state index in [4.69, 9.17) is 4.74 Å². The molecule has 0 aromatic heterocycles. The maximum atomic E-state index is 12.7. The van der Waals surface area contributed by atoms with E-state index in [0.717, 1.165) is 25.7 Å². The monoisotopic (exact) mass is 450 g/mol. The third-order valence-electron chi connectivity index (χ3n) is 6.51. The van der Waals surface area contributed by atoms with E-state index in [2.05, 4.69) is 28.8 Å². The number of rotatable bonds is 5. The second-order valence-electron chi connectivity index (χ2n) is 8.29. The van der Waals surface area contributed by atoms with Crippen LogP contribution in [0.4, 0.5) is 11.4 Å². The number of hydrogen-bond donors (Lipinski definition) is 1. The Kier molecular flexibility index (Phi) is 6.29. The van der Waals surface area contributed by atoms with Gasteiger partial charge in [-0.25, -0.2) is 0 Å². The molecular formula is C21H26N2O5S2. The van der Waals surface area contributed by atoms with Crippen molar-refractivity contribution in [1.29, 1.82) is 0 Å². The van der Waals surface area contributed by atoms with Crippen LogP contribution in [0.15, 0.2) is 18.2 Å². The Balaban J connectivity index is 1.35. The Morgan fingerprint density at radius 2 is 1.90 bits per heavy atom. The Morgan fingerprint density at radius 1 is 1.23 bits per heavy atom. The summed E-state index contributed by atoms with van der Waals surface area (Å²) in [4.78, 5) is 35.7. The molecule has 0 radical (unpaired) electrons. The number of hydrogen-bond acceptors (Lipinski definition) is 7. The van der Waals surface area contributed by atoms with Crippen molar-refractivity contribution in [3.8, 4) is 0 Å². The van der Waals surface area contributed by atoms with Crippen LogP contribution in [0.2, 0.25) is 0 Å². The van der Waals surface area contributed by atoms with Gasteiger partial charge >= 0.3 is 5.97 Å². The number of aryl methyl sites for hydroxylation is 1. The number of nitro benzene ring substituents is 1. The van der Waals surface area contributed by atoms with Gasteiger partial charge in [-0.15, -0.1) is 23.5 Å². The third kappa shape index (κ3) is 4.06. The maximum Gasteiger partial charge on any atom is 0.309 e. The number of carbonyl (C=O) groups is 2. The smallest absolute Gasteiger partial charge is 0.309 e. The summed E-state index contributed by atoms with van der Waals surface area (Å²) >= 11 is 4.18. The number of ether oxygens (including phenoxy) is 1. The minimum absolute atomic E-state index is 0.146. The zero-order valence-electron chi connectivity index (χ0n) is 16.9. The number of anilines is 1. The normalized spacial score (nSPS) is 26.9. The van der Waals surface area contributed by atoms with Crippen LogP contribution in [0.1, 0.15) is 37.7 Å². The molecule has 4 rings (SSSR count). The lowest BCUT2D eigenvalue weighted by Crippen LogP contribution is -2.48. The highest BCUT2D eigenvalue weighted by molar-refractivity contribution is 8.21. The minimum Gasteiger partial charge on any atom is -0.455 e. The first kappa shape index (κ1) is 21.5. The SMILES string of the molecule is Cc1cccc([N+](=O)[O-])c1NC(=O)COC(=O)C1CC2CCCC(C1)C21SCCS1. The van der Waals surface area contributed by atoms with Crippen molar-refractivity contribution < 1.29 is 19.2 Å². The highest BCUT2D eigenvalue weighted by Crippen LogP contribution is 2.64. The first-order valence-electron chi connectivity index (χ1n) is 10.4. The maximum absolute atomic E-state index is 12.7. The largest absolute Gasteiger partial charge is 0.455 e. The lowest BCUT2D eigenvalue weighted by molar-refractivity contribution is -0.384. The van der Waals surface area contributed by atoms with Gasteiger partial charge in [-0.2, -0.15) is 0 Å². The summed E-state index contributed by atoms with van der Waals surface area (Å²) in [6.07, 6.45) is 5.23.